The van der Waals surface area contributed by atoms with Crippen LogP contribution in [0.2, 0.25) is 0 Å². The number of hydrogen-bond acceptors (Lipinski definition) is 4. The van der Waals surface area contributed by atoms with E-state index in [0.29, 0.717) is 42.4 Å². The quantitative estimate of drug-likeness (QED) is 0.801. The molecule has 0 saturated carbocycles. The van der Waals surface area contributed by atoms with Gasteiger partial charge in [-0.1, -0.05) is 18.7 Å². The van der Waals surface area contributed by atoms with Gasteiger partial charge in [0.15, 0.2) is 11.6 Å². The van der Waals surface area contributed by atoms with Gasteiger partial charge >= 0.3 is 0 Å². The predicted molar refractivity (Wildman–Crippen MR) is 85.5 cm³/mol. The Bertz CT molecular complexity index is 901. The zero-order chi connectivity index (χ0) is 16.7. The summed E-state index contributed by atoms with van der Waals surface area (Å²) >= 11 is 0. The number of nitrogens with zero attached hydrogens (tertiary/aromatic N) is 4. The number of imidazole rings is 1. The molecule has 0 unspecified atom stereocenters. The number of anilines is 1. The second-order valence-electron chi connectivity index (χ2n) is 5.48. The molecule has 0 aliphatic carbocycles. The molecule has 4 rings (SSSR count). The molecule has 1 aliphatic rings. The standard InChI is InChI=1S/C16H15F2N5O/c1-10-9-24-7-6-22(10)13-8-14(21-20-13)23-12-5-3-2-4-11(12)19-16(23)15(17)18/h2-5,8,15H,1,6-7,9H2,(H,20,21). The van der Waals surface area contributed by atoms with Crippen LogP contribution in [0.15, 0.2) is 42.6 Å². The topological polar surface area (TPSA) is 59.0 Å². The molecule has 0 bridgehead atoms. The van der Waals surface area contributed by atoms with Crippen molar-refractivity contribution < 1.29 is 13.5 Å². The predicted octanol–water partition coefficient (Wildman–Crippen LogP) is 3.04. The Balaban J connectivity index is 1.81. The van der Waals surface area contributed by atoms with E-state index >= 15 is 0 Å². The van der Waals surface area contributed by atoms with E-state index in [4.69, 9.17) is 4.74 Å². The van der Waals surface area contributed by atoms with Crippen molar-refractivity contribution in [3.05, 3.63) is 48.4 Å². The Labute approximate surface area is 136 Å². The Morgan fingerprint density at radius 2 is 2.12 bits per heavy atom. The number of rotatable bonds is 3. The first-order valence-corrected chi connectivity index (χ1v) is 7.49. The molecule has 0 spiro atoms. The van der Waals surface area contributed by atoms with Crippen LogP contribution in [0.3, 0.4) is 0 Å². The fraction of sp³-hybridized carbons (Fsp3) is 0.250. The van der Waals surface area contributed by atoms with Crippen LogP contribution < -0.4 is 4.90 Å². The Hall–Kier alpha value is -2.74. The fourth-order valence-electron chi connectivity index (χ4n) is 2.86. The number of benzene rings is 1. The number of ether oxygens (including phenoxy) is 1. The van der Waals surface area contributed by atoms with Gasteiger partial charge in [0, 0.05) is 18.3 Å². The van der Waals surface area contributed by atoms with E-state index in [9.17, 15) is 8.78 Å². The highest BCUT2D eigenvalue weighted by atomic mass is 19.3. The number of morpholine rings is 1. The molecule has 1 N–H and O–H groups in total. The molecule has 3 aromatic rings. The lowest BCUT2D eigenvalue weighted by Gasteiger charge is -2.29. The molecular formula is C16H15F2N5O. The summed E-state index contributed by atoms with van der Waals surface area (Å²) in [6, 6.07) is 8.72. The maximum absolute atomic E-state index is 13.4. The molecule has 1 aliphatic heterocycles. The normalized spacial score (nSPS) is 15.6. The molecule has 1 aromatic carbocycles. The second kappa shape index (κ2) is 5.72. The van der Waals surface area contributed by atoms with Crippen molar-refractivity contribution in [1.82, 2.24) is 19.7 Å². The third-order valence-electron chi connectivity index (χ3n) is 3.96. The second-order valence-corrected chi connectivity index (χ2v) is 5.48. The van der Waals surface area contributed by atoms with Gasteiger partial charge in [0.2, 0.25) is 0 Å². The number of fused-ring (bicyclic) bond motifs is 1. The van der Waals surface area contributed by atoms with Crippen molar-refractivity contribution >= 4 is 16.9 Å². The Morgan fingerprint density at radius 1 is 1.29 bits per heavy atom. The highest BCUT2D eigenvalue weighted by Gasteiger charge is 2.23. The molecular weight excluding hydrogens is 316 g/mol. The number of hydrogen-bond donors (Lipinski definition) is 1. The summed E-state index contributed by atoms with van der Waals surface area (Å²) in [4.78, 5) is 5.96. The Morgan fingerprint density at radius 3 is 2.92 bits per heavy atom. The Kier molecular flexibility index (Phi) is 3.53. The van der Waals surface area contributed by atoms with Crippen LogP contribution in [0.25, 0.3) is 16.9 Å². The molecule has 24 heavy (non-hydrogen) atoms. The molecule has 1 fully saturated rings. The van der Waals surface area contributed by atoms with E-state index in [1.807, 2.05) is 4.90 Å². The zero-order valence-corrected chi connectivity index (χ0v) is 12.7. The van der Waals surface area contributed by atoms with E-state index in [0.717, 1.165) is 5.70 Å². The number of H-pyrrole nitrogens is 1. The number of aromatic amines is 1. The summed E-state index contributed by atoms with van der Waals surface area (Å²) in [5, 5.41) is 7.09. The van der Waals surface area contributed by atoms with Gasteiger partial charge in [-0.15, -0.1) is 0 Å². The van der Waals surface area contributed by atoms with Gasteiger partial charge in [-0.2, -0.15) is 5.10 Å². The van der Waals surface area contributed by atoms with Gasteiger partial charge < -0.3 is 9.64 Å². The molecule has 2 aromatic heterocycles. The maximum Gasteiger partial charge on any atom is 0.296 e. The van der Waals surface area contributed by atoms with Gasteiger partial charge in [0.25, 0.3) is 6.43 Å². The summed E-state index contributed by atoms with van der Waals surface area (Å²) in [6.45, 7) is 5.59. The summed E-state index contributed by atoms with van der Waals surface area (Å²) in [6.07, 6.45) is -2.70. The molecule has 6 nitrogen and oxygen atoms in total. The smallest absolute Gasteiger partial charge is 0.296 e. The van der Waals surface area contributed by atoms with Crippen LogP contribution in [0.5, 0.6) is 0 Å². The molecule has 8 heteroatoms. The van der Waals surface area contributed by atoms with Crippen molar-refractivity contribution in [1.29, 1.82) is 0 Å². The number of alkyl halides is 2. The van der Waals surface area contributed by atoms with Gasteiger partial charge in [-0.05, 0) is 12.1 Å². The van der Waals surface area contributed by atoms with E-state index in [2.05, 4.69) is 21.8 Å². The van der Waals surface area contributed by atoms with Gasteiger partial charge in [0.05, 0.1) is 24.2 Å². The first-order valence-electron chi connectivity index (χ1n) is 7.49. The lowest BCUT2D eigenvalue weighted by Crippen LogP contribution is -2.34. The number of nitrogens with one attached hydrogen (secondary N) is 1. The molecule has 0 atom stereocenters. The van der Waals surface area contributed by atoms with Crippen molar-refractivity contribution in [2.24, 2.45) is 0 Å². The first kappa shape index (κ1) is 14.8. The lowest BCUT2D eigenvalue weighted by atomic mass is 10.3. The number of para-hydroxylation sites is 2. The highest BCUT2D eigenvalue weighted by Crippen LogP contribution is 2.29. The zero-order valence-electron chi connectivity index (χ0n) is 12.7. The minimum Gasteiger partial charge on any atom is -0.373 e. The van der Waals surface area contributed by atoms with Crippen LogP contribution in [-0.2, 0) is 4.74 Å². The fourth-order valence-corrected chi connectivity index (χ4v) is 2.86. The summed E-state index contributed by atoms with van der Waals surface area (Å²) in [5.41, 5.74) is 1.89. The van der Waals surface area contributed by atoms with Gasteiger partial charge in [-0.25, -0.2) is 13.8 Å². The average molecular weight is 331 g/mol. The summed E-state index contributed by atoms with van der Waals surface area (Å²) < 4.78 is 33.5. The highest BCUT2D eigenvalue weighted by molar-refractivity contribution is 5.78. The van der Waals surface area contributed by atoms with Crippen molar-refractivity contribution in [3.8, 4) is 5.82 Å². The van der Waals surface area contributed by atoms with Crippen LogP contribution in [0.4, 0.5) is 14.6 Å². The van der Waals surface area contributed by atoms with Crippen LogP contribution in [-0.4, -0.2) is 39.5 Å². The van der Waals surface area contributed by atoms with E-state index in [1.54, 1.807) is 30.3 Å². The summed E-state index contributed by atoms with van der Waals surface area (Å²) in [7, 11) is 0. The van der Waals surface area contributed by atoms with Gasteiger partial charge in [-0.3, -0.25) is 9.67 Å². The lowest BCUT2D eigenvalue weighted by molar-refractivity contribution is 0.139. The first-order chi connectivity index (χ1) is 11.6. The minimum absolute atomic E-state index is 0.324. The SMILES string of the molecule is C=C1COCCN1c1cc(-n2c(C(F)F)nc3ccccc32)n[nH]1. The maximum atomic E-state index is 13.4. The molecule has 3 heterocycles. The third kappa shape index (κ3) is 2.35. The van der Waals surface area contributed by atoms with E-state index < -0.39 is 6.43 Å². The monoisotopic (exact) mass is 331 g/mol. The average Bonchev–Trinajstić information content (AvgIpc) is 3.19. The molecule has 124 valence electrons. The number of aromatic nitrogens is 4. The number of halogens is 2. The largest absolute Gasteiger partial charge is 0.373 e. The van der Waals surface area contributed by atoms with E-state index in [1.165, 1.54) is 4.57 Å². The van der Waals surface area contributed by atoms with Crippen molar-refractivity contribution in [3.63, 3.8) is 0 Å². The van der Waals surface area contributed by atoms with Crippen LogP contribution in [0.1, 0.15) is 12.2 Å². The van der Waals surface area contributed by atoms with Crippen molar-refractivity contribution in [2.45, 2.75) is 6.43 Å². The molecule has 0 radical (unpaired) electrons. The van der Waals surface area contributed by atoms with Crippen LogP contribution >= 0.6 is 0 Å². The minimum atomic E-state index is -2.70. The van der Waals surface area contributed by atoms with Gasteiger partial charge in [0.1, 0.15) is 5.82 Å². The third-order valence-corrected chi connectivity index (χ3v) is 3.96. The van der Waals surface area contributed by atoms with E-state index in [-0.39, 0.29) is 5.82 Å². The molecule has 1 saturated heterocycles. The molecule has 0 amide bonds. The van der Waals surface area contributed by atoms with Crippen molar-refractivity contribution in [2.75, 3.05) is 24.7 Å². The summed E-state index contributed by atoms with van der Waals surface area (Å²) in [5.74, 6) is 0.736. The van der Waals surface area contributed by atoms with Crippen LogP contribution in [0, 0.1) is 0 Å².